The molecule has 0 aliphatic heterocycles. The second-order valence-corrected chi connectivity index (χ2v) is 5.84. The summed E-state index contributed by atoms with van der Waals surface area (Å²) in [6.45, 7) is 0. The van der Waals surface area contributed by atoms with E-state index < -0.39 is 5.97 Å². The first-order chi connectivity index (χ1) is 12.6. The van der Waals surface area contributed by atoms with E-state index in [1.165, 1.54) is 0 Å². The second kappa shape index (κ2) is 7.78. The Hall–Kier alpha value is -3.21. The first-order valence-corrected chi connectivity index (χ1v) is 8.31. The number of ether oxygens (including phenoxy) is 2. The molecule has 0 aliphatic rings. The van der Waals surface area contributed by atoms with Gasteiger partial charge in [-0.05, 0) is 79.1 Å². The summed E-state index contributed by atoms with van der Waals surface area (Å²) in [6.07, 6.45) is 0.368. The van der Waals surface area contributed by atoms with Gasteiger partial charge < -0.3 is 23.9 Å². The third-order valence-electron chi connectivity index (χ3n) is 4.26. The van der Waals surface area contributed by atoms with Crippen molar-refractivity contribution in [1.29, 1.82) is 0 Å². The van der Waals surface area contributed by atoms with Gasteiger partial charge in [0.05, 0.1) is 19.9 Å². The van der Waals surface area contributed by atoms with Gasteiger partial charge in [-0.3, -0.25) is 0 Å². The molecule has 5 heteroatoms. The van der Waals surface area contributed by atoms with Crippen LogP contribution in [0.4, 0.5) is 0 Å². The Kier molecular flexibility index (Phi) is 5.27. The smallest absolute Gasteiger partial charge is 0.119 e. The van der Waals surface area contributed by atoms with Crippen molar-refractivity contribution in [2.75, 3.05) is 14.2 Å². The van der Waals surface area contributed by atoms with Crippen molar-refractivity contribution in [3.63, 3.8) is 0 Å². The van der Waals surface area contributed by atoms with E-state index in [1.54, 1.807) is 14.2 Å². The Balaban J connectivity index is 2.06. The summed E-state index contributed by atoms with van der Waals surface area (Å²) in [5, 5.41) is 10.9. The molecule has 3 aromatic rings. The zero-order valence-corrected chi connectivity index (χ0v) is 14.8. The van der Waals surface area contributed by atoms with E-state index in [0.29, 0.717) is 6.42 Å². The molecule has 0 bridgehead atoms. The van der Waals surface area contributed by atoms with E-state index >= 15 is 0 Å². The van der Waals surface area contributed by atoms with Gasteiger partial charge in [0.25, 0.3) is 0 Å². The van der Waals surface area contributed by atoms with E-state index in [4.69, 9.17) is 9.47 Å². The number of benzene rings is 2. The lowest BCUT2D eigenvalue weighted by atomic mass is 10.1. The molecule has 5 nitrogen and oxygen atoms in total. The minimum Gasteiger partial charge on any atom is -0.550 e. The van der Waals surface area contributed by atoms with Crippen molar-refractivity contribution in [3.05, 3.63) is 66.4 Å². The summed E-state index contributed by atoms with van der Waals surface area (Å²) in [7, 11) is 3.26. The molecular formula is C21H20NO4-. The summed E-state index contributed by atoms with van der Waals surface area (Å²) in [4.78, 5) is 10.9. The highest BCUT2D eigenvalue weighted by molar-refractivity contribution is 5.67. The molecule has 134 valence electrons. The molecule has 0 fully saturated rings. The summed E-state index contributed by atoms with van der Waals surface area (Å²) in [5.74, 6) is 0.496. The van der Waals surface area contributed by atoms with Gasteiger partial charge in [-0.25, -0.2) is 0 Å². The van der Waals surface area contributed by atoms with Crippen molar-refractivity contribution in [2.45, 2.75) is 12.8 Å². The van der Waals surface area contributed by atoms with Crippen LogP contribution in [-0.4, -0.2) is 24.8 Å². The molecule has 0 saturated heterocycles. The lowest BCUT2D eigenvalue weighted by Gasteiger charge is -2.15. The SMILES string of the molecule is COc1ccc(-c2ccc(CCC(=O)[O-])n2-c2ccc(OC)cc2)cc1. The molecule has 1 aromatic heterocycles. The molecule has 0 saturated carbocycles. The fourth-order valence-corrected chi connectivity index (χ4v) is 2.93. The van der Waals surface area contributed by atoms with Crippen LogP contribution in [0.3, 0.4) is 0 Å². The van der Waals surface area contributed by atoms with Crippen LogP contribution >= 0.6 is 0 Å². The van der Waals surface area contributed by atoms with Crippen LogP contribution in [0.2, 0.25) is 0 Å². The number of rotatable bonds is 7. The van der Waals surface area contributed by atoms with Gasteiger partial charge in [0, 0.05) is 17.4 Å². The molecular weight excluding hydrogens is 330 g/mol. The number of aromatic nitrogens is 1. The van der Waals surface area contributed by atoms with Gasteiger partial charge in [-0.1, -0.05) is 0 Å². The number of methoxy groups -OCH3 is 2. The van der Waals surface area contributed by atoms with E-state index in [2.05, 4.69) is 4.57 Å². The molecule has 0 unspecified atom stereocenters. The lowest BCUT2D eigenvalue weighted by Crippen LogP contribution is -2.22. The van der Waals surface area contributed by atoms with Gasteiger partial charge >= 0.3 is 0 Å². The fraction of sp³-hybridized carbons (Fsp3) is 0.190. The molecule has 0 amide bonds. The van der Waals surface area contributed by atoms with Gasteiger partial charge in [-0.2, -0.15) is 0 Å². The molecule has 2 aromatic carbocycles. The van der Waals surface area contributed by atoms with E-state index in [9.17, 15) is 9.90 Å². The highest BCUT2D eigenvalue weighted by atomic mass is 16.5. The first-order valence-electron chi connectivity index (χ1n) is 8.31. The molecule has 0 atom stereocenters. The maximum absolute atomic E-state index is 10.9. The Morgan fingerprint density at radius 1 is 0.885 bits per heavy atom. The zero-order chi connectivity index (χ0) is 18.5. The Bertz CT molecular complexity index is 879. The number of carbonyl (C=O) groups excluding carboxylic acids is 1. The maximum atomic E-state index is 10.9. The molecule has 0 spiro atoms. The molecule has 0 aliphatic carbocycles. The number of aryl methyl sites for hydroxylation is 1. The van der Waals surface area contributed by atoms with Crippen LogP contribution in [0, 0.1) is 0 Å². The van der Waals surface area contributed by atoms with Crippen molar-refractivity contribution in [2.24, 2.45) is 0 Å². The topological polar surface area (TPSA) is 63.5 Å². The molecule has 0 radical (unpaired) electrons. The number of carbonyl (C=O) groups is 1. The Morgan fingerprint density at radius 3 is 2.00 bits per heavy atom. The Morgan fingerprint density at radius 2 is 1.46 bits per heavy atom. The monoisotopic (exact) mass is 350 g/mol. The second-order valence-electron chi connectivity index (χ2n) is 5.84. The minimum atomic E-state index is -1.06. The van der Waals surface area contributed by atoms with Crippen molar-refractivity contribution >= 4 is 5.97 Å². The Labute approximate surface area is 152 Å². The number of hydrogen-bond donors (Lipinski definition) is 0. The number of aliphatic carboxylic acids is 1. The van der Waals surface area contributed by atoms with Gasteiger partial charge in [-0.15, -0.1) is 0 Å². The van der Waals surface area contributed by atoms with Gasteiger partial charge in [0.15, 0.2) is 0 Å². The summed E-state index contributed by atoms with van der Waals surface area (Å²) < 4.78 is 12.5. The standard InChI is InChI=1S/C21H21NO4/c1-25-18-9-3-15(4-10-18)20-13-7-17(8-14-21(23)24)22(20)16-5-11-19(26-2)12-6-16/h3-7,9-13H,8,14H2,1-2H3,(H,23,24)/p-1. The number of carboxylic acid groups (broad SMARTS) is 1. The summed E-state index contributed by atoms with van der Waals surface area (Å²) in [5.41, 5.74) is 3.84. The third kappa shape index (κ3) is 3.72. The van der Waals surface area contributed by atoms with Crippen LogP contribution in [0.5, 0.6) is 11.5 Å². The van der Waals surface area contributed by atoms with Crippen LogP contribution < -0.4 is 14.6 Å². The molecule has 1 heterocycles. The normalized spacial score (nSPS) is 10.5. The predicted octanol–water partition coefficient (Wildman–Crippen LogP) is 2.84. The number of nitrogens with zero attached hydrogens (tertiary/aromatic N) is 1. The van der Waals surface area contributed by atoms with Crippen molar-refractivity contribution in [3.8, 4) is 28.4 Å². The van der Waals surface area contributed by atoms with E-state index in [0.717, 1.165) is 34.1 Å². The molecule has 3 rings (SSSR count). The average Bonchev–Trinajstić information content (AvgIpc) is 3.10. The van der Waals surface area contributed by atoms with Crippen LogP contribution in [0.15, 0.2) is 60.7 Å². The number of carboxylic acids is 1. The third-order valence-corrected chi connectivity index (χ3v) is 4.26. The molecule has 26 heavy (non-hydrogen) atoms. The van der Waals surface area contributed by atoms with E-state index in [1.807, 2.05) is 60.7 Å². The highest BCUT2D eigenvalue weighted by Crippen LogP contribution is 2.29. The highest BCUT2D eigenvalue weighted by Gasteiger charge is 2.12. The van der Waals surface area contributed by atoms with Crippen LogP contribution in [0.1, 0.15) is 12.1 Å². The van der Waals surface area contributed by atoms with Gasteiger partial charge in [0.1, 0.15) is 11.5 Å². The van der Waals surface area contributed by atoms with Crippen molar-refractivity contribution in [1.82, 2.24) is 4.57 Å². The van der Waals surface area contributed by atoms with E-state index in [-0.39, 0.29) is 6.42 Å². The first kappa shape index (κ1) is 17.6. The zero-order valence-electron chi connectivity index (χ0n) is 14.8. The lowest BCUT2D eigenvalue weighted by molar-refractivity contribution is -0.305. The fourth-order valence-electron chi connectivity index (χ4n) is 2.93. The quantitative estimate of drug-likeness (QED) is 0.657. The molecule has 0 N–H and O–H groups in total. The summed E-state index contributed by atoms with van der Waals surface area (Å²) in [6, 6.07) is 19.4. The summed E-state index contributed by atoms with van der Waals surface area (Å²) >= 11 is 0. The largest absolute Gasteiger partial charge is 0.550 e. The van der Waals surface area contributed by atoms with Crippen LogP contribution in [-0.2, 0) is 11.2 Å². The average molecular weight is 350 g/mol. The number of hydrogen-bond acceptors (Lipinski definition) is 4. The predicted molar refractivity (Wildman–Crippen MR) is 97.6 cm³/mol. The van der Waals surface area contributed by atoms with Crippen LogP contribution in [0.25, 0.3) is 16.9 Å². The minimum absolute atomic E-state index is 0.0256. The van der Waals surface area contributed by atoms with Gasteiger partial charge in [0.2, 0.25) is 0 Å². The maximum Gasteiger partial charge on any atom is 0.119 e. The van der Waals surface area contributed by atoms with Crippen molar-refractivity contribution < 1.29 is 19.4 Å².